The zero-order valence-corrected chi connectivity index (χ0v) is 11.7. The monoisotopic (exact) mass is 283 g/mol. The number of nitrogens with one attached hydrogen (secondary N) is 1. The van der Waals surface area contributed by atoms with E-state index in [0.717, 1.165) is 18.5 Å². The van der Waals surface area contributed by atoms with E-state index in [0.29, 0.717) is 19.5 Å². The number of carbonyl (C=O) groups excluding carboxylic acids is 1. The smallest absolute Gasteiger partial charge is 0.222 e. The summed E-state index contributed by atoms with van der Waals surface area (Å²) in [7, 11) is 0. The Kier molecular flexibility index (Phi) is 3.79. The molecule has 1 aromatic heterocycles. The Labute approximate surface area is 122 Å². The van der Waals surface area contributed by atoms with Gasteiger partial charge in [-0.25, -0.2) is 0 Å². The van der Waals surface area contributed by atoms with Crippen LogP contribution in [0.1, 0.15) is 12.0 Å². The second-order valence-corrected chi connectivity index (χ2v) is 5.47. The molecular formula is C15H17N5O. The highest BCUT2D eigenvalue weighted by Crippen LogP contribution is 2.20. The summed E-state index contributed by atoms with van der Waals surface area (Å²) in [6.45, 7) is 1.83. The summed E-state index contributed by atoms with van der Waals surface area (Å²) in [6.07, 6.45) is 3.27. The number of azide groups is 1. The number of aromatic amines is 1. The summed E-state index contributed by atoms with van der Waals surface area (Å²) in [4.78, 5) is 19.8. The van der Waals surface area contributed by atoms with Crippen LogP contribution in [0.25, 0.3) is 21.3 Å². The van der Waals surface area contributed by atoms with Gasteiger partial charge >= 0.3 is 0 Å². The van der Waals surface area contributed by atoms with Crippen LogP contribution in [0.3, 0.4) is 0 Å². The van der Waals surface area contributed by atoms with Crippen molar-refractivity contribution in [2.75, 3.05) is 19.6 Å². The minimum Gasteiger partial charge on any atom is -0.361 e. The van der Waals surface area contributed by atoms with Crippen LogP contribution in [0.15, 0.2) is 35.6 Å². The Morgan fingerprint density at radius 2 is 2.33 bits per heavy atom. The molecule has 1 amide bonds. The lowest BCUT2D eigenvalue weighted by molar-refractivity contribution is -0.127. The van der Waals surface area contributed by atoms with Crippen molar-refractivity contribution in [3.8, 4) is 0 Å². The number of H-pyrrole nitrogens is 1. The third-order valence-electron chi connectivity index (χ3n) is 3.99. The summed E-state index contributed by atoms with van der Waals surface area (Å²) in [5, 5.41) is 4.77. The maximum absolute atomic E-state index is 11.9. The summed E-state index contributed by atoms with van der Waals surface area (Å²) >= 11 is 0. The van der Waals surface area contributed by atoms with E-state index in [9.17, 15) is 4.79 Å². The van der Waals surface area contributed by atoms with Gasteiger partial charge in [0, 0.05) is 42.7 Å². The molecule has 1 aliphatic heterocycles. The van der Waals surface area contributed by atoms with Crippen molar-refractivity contribution >= 4 is 16.8 Å². The van der Waals surface area contributed by atoms with E-state index in [4.69, 9.17) is 5.53 Å². The molecule has 6 heteroatoms. The molecule has 0 aliphatic carbocycles. The van der Waals surface area contributed by atoms with Crippen molar-refractivity contribution in [1.29, 1.82) is 0 Å². The minimum absolute atomic E-state index is 0.161. The quantitative estimate of drug-likeness (QED) is 0.510. The molecule has 1 atom stereocenters. The molecule has 108 valence electrons. The zero-order chi connectivity index (χ0) is 14.7. The number of benzene rings is 1. The summed E-state index contributed by atoms with van der Waals surface area (Å²) in [5.41, 5.74) is 10.7. The van der Waals surface area contributed by atoms with Crippen LogP contribution < -0.4 is 0 Å². The number of carbonyl (C=O) groups is 1. The third-order valence-corrected chi connectivity index (χ3v) is 3.99. The summed E-state index contributed by atoms with van der Waals surface area (Å²) in [6, 6.07) is 8.38. The van der Waals surface area contributed by atoms with Gasteiger partial charge in [-0.2, -0.15) is 0 Å². The first-order valence-corrected chi connectivity index (χ1v) is 7.11. The number of rotatable bonds is 5. The molecule has 1 aliphatic rings. The van der Waals surface area contributed by atoms with Gasteiger partial charge in [-0.3, -0.25) is 4.79 Å². The van der Waals surface area contributed by atoms with Gasteiger partial charge < -0.3 is 9.88 Å². The van der Waals surface area contributed by atoms with Gasteiger partial charge in [-0.15, -0.1) is 0 Å². The molecule has 0 bridgehead atoms. The van der Waals surface area contributed by atoms with Crippen LogP contribution in [0.4, 0.5) is 0 Å². The number of nitrogens with zero attached hydrogens (tertiary/aromatic N) is 4. The normalized spacial score (nSPS) is 18.2. The second kappa shape index (κ2) is 5.89. The topological polar surface area (TPSA) is 84.9 Å². The van der Waals surface area contributed by atoms with E-state index >= 15 is 0 Å². The minimum atomic E-state index is 0.161. The van der Waals surface area contributed by atoms with Gasteiger partial charge in [0.15, 0.2) is 0 Å². The van der Waals surface area contributed by atoms with Crippen LogP contribution in [-0.2, 0) is 11.2 Å². The number of hydrogen-bond acceptors (Lipinski definition) is 2. The number of amides is 1. The molecule has 0 radical (unpaired) electrons. The lowest BCUT2D eigenvalue weighted by atomic mass is 10.1. The first-order valence-electron chi connectivity index (χ1n) is 7.11. The highest BCUT2D eigenvalue weighted by atomic mass is 16.2. The van der Waals surface area contributed by atoms with Crippen molar-refractivity contribution in [3.05, 3.63) is 46.5 Å². The van der Waals surface area contributed by atoms with E-state index in [-0.39, 0.29) is 11.8 Å². The van der Waals surface area contributed by atoms with Crippen LogP contribution in [-0.4, -0.2) is 35.4 Å². The Hall–Kier alpha value is -2.46. The number of likely N-dealkylation sites (tertiary alicyclic amines) is 1. The number of aromatic nitrogens is 1. The largest absolute Gasteiger partial charge is 0.361 e. The fourth-order valence-corrected chi connectivity index (χ4v) is 2.86. The molecule has 2 aromatic rings. The van der Waals surface area contributed by atoms with Crippen LogP contribution in [0, 0.1) is 5.92 Å². The Balaban J connectivity index is 1.59. The highest BCUT2D eigenvalue weighted by Gasteiger charge is 2.28. The van der Waals surface area contributed by atoms with Gasteiger partial charge in [0.1, 0.15) is 0 Å². The predicted molar refractivity (Wildman–Crippen MR) is 80.7 cm³/mol. The van der Waals surface area contributed by atoms with Crippen molar-refractivity contribution in [2.24, 2.45) is 11.0 Å². The molecule has 0 saturated carbocycles. The third kappa shape index (κ3) is 3.01. The molecule has 1 saturated heterocycles. The fraction of sp³-hybridized carbons (Fsp3) is 0.400. The summed E-state index contributed by atoms with van der Waals surface area (Å²) < 4.78 is 0. The average Bonchev–Trinajstić information content (AvgIpc) is 3.08. The average molecular weight is 283 g/mol. The van der Waals surface area contributed by atoms with Crippen molar-refractivity contribution in [1.82, 2.24) is 9.88 Å². The zero-order valence-electron chi connectivity index (χ0n) is 11.7. The van der Waals surface area contributed by atoms with Gasteiger partial charge in [0.25, 0.3) is 0 Å². The SMILES string of the molecule is [N-]=[N+]=NCC1CC(=O)N(CCc2ccc3cc[nH]c3c2)C1. The van der Waals surface area contributed by atoms with Crippen LogP contribution in [0.2, 0.25) is 0 Å². The van der Waals surface area contributed by atoms with Crippen LogP contribution >= 0.6 is 0 Å². The molecule has 0 spiro atoms. The lowest BCUT2D eigenvalue weighted by Gasteiger charge is -2.16. The molecule has 1 unspecified atom stereocenters. The maximum atomic E-state index is 11.9. The number of fused-ring (bicyclic) bond motifs is 1. The standard InChI is InChI=1S/C15H17N5O/c16-19-18-9-12-8-15(21)20(10-12)6-4-11-1-2-13-3-5-17-14(13)7-11/h1-3,5,7,12,17H,4,6,8-10H2. The summed E-state index contributed by atoms with van der Waals surface area (Å²) in [5.74, 6) is 0.327. The Morgan fingerprint density at radius 1 is 1.43 bits per heavy atom. The second-order valence-electron chi connectivity index (χ2n) is 5.47. The Morgan fingerprint density at radius 3 is 3.19 bits per heavy atom. The molecule has 1 N–H and O–H groups in total. The van der Waals surface area contributed by atoms with E-state index in [1.54, 1.807) is 0 Å². The molecule has 1 aromatic carbocycles. The first-order chi connectivity index (χ1) is 10.3. The van der Waals surface area contributed by atoms with Crippen molar-refractivity contribution in [3.63, 3.8) is 0 Å². The highest BCUT2D eigenvalue weighted by molar-refractivity contribution is 5.80. The fourth-order valence-electron chi connectivity index (χ4n) is 2.86. The Bertz CT molecular complexity index is 701. The molecule has 3 rings (SSSR count). The van der Waals surface area contributed by atoms with E-state index < -0.39 is 0 Å². The molecule has 1 fully saturated rings. The molecular weight excluding hydrogens is 266 g/mol. The van der Waals surface area contributed by atoms with Crippen LogP contribution in [0.5, 0.6) is 0 Å². The molecule has 2 heterocycles. The van der Waals surface area contributed by atoms with Gasteiger partial charge in [0.2, 0.25) is 5.91 Å². The maximum Gasteiger partial charge on any atom is 0.222 e. The lowest BCUT2D eigenvalue weighted by Crippen LogP contribution is -2.27. The first kappa shape index (κ1) is 13.5. The van der Waals surface area contributed by atoms with E-state index in [2.05, 4.69) is 33.2 Å². The molecule has 21 heavy (non-hydrogen) atoms. The van der Waals surface area contributed by atoms with Gasteiger partial charge in [0.05, 0.1) is 0 Å². The van der Waals surface area contributed by atoms with E-state index in [1.807, 2.05) is 17.2 Å². The number of hydrogen-bond donors (Lipinski definition) is 1. The van der Waals surface area contributed by atoms with Gasteiger partial charge in [-0.05, 0) is 41.0 Å². The van der Waals surface area contributed by atoms with E-state index in [1.165, 1.54) is 10.9 Å². The van der Waals surface area contributed by atoms with Crippen molar-refractivity contribution < 1.29 is 4.79 Å². The predicted octanol–water partition coefficient (Wildman–Crippen LogP) is 2.87. The van der Waals surface area contributed by atoms with Gasteiger partial charge in [-0.1, -0.05) is 17.2 Å². The molecule has 6 nitrogen and oxygen atoms in total. The van der Waals surface area contributed by atoms with Crippen molar-refractivity contribution in [2.45, 2.75) is 12.8 Å².